The summed E-state index contributed by atoms with van der Waals surface area (Å²) in [6.45, 7) is 0.867. The predicted molar refractivity (Wildman–Crippen MR) is 91.4 cm³/mol. The van der Waals surface area contributed by atoms with Crippen molar-refractivity contribution in [2.24, 2.45) is 0 Å². The molecule has 116 valence electrons. The first-order valence-electron chi connectivity index (χ1n) is 7.66. The lowest BCUT2D eigenvalue weighted by atomic mass is 10.2. The van der Waals surface area contributed by atoms with E-state index in [0.29, 0.717) is 17.2 Å². The number of anilines is 4. The molecule has 0 bridgehead atoms. The van der Waals surface area contributed by atoms with Crippen molar-refractivity contribution in [3.05, 3.63) is 65.9 Å². The van der Waals surface area contributed by atoms with Crippen molar-refractivity contribution < 1.29 is 0 Å². The van der Waals surface area contributed by atoms with Gasteiger partial charge >= 0.3 is 0 Å². The number of fused-ring (bicyclic) bond motifs is 1. The second-order valence-corrected chi connectivity index (χ2v) is 5.45. The highest BCUT2D eigenvalue weighted by Crippen LogP contribution is 2.33. The van der Waals surface area contributed by atoms with Crippen LogP contribution in [0.4, 0.5) is 23.1 Å². The molecule has 1 N–H and O–H groups in total. The summed E-state index contributed by atoms with van der Waals surface area (Å²) in [7, 11) is 0. The number of nitriles is 1. The van der Waals surface area contributed by atoms with Crippen LogP contribution < -0.4 is 10.2 Å². The van der Waals surface area contributed by atoms with Gasteiger partial charge in [0.2, 0.25) is 5.95 Å². The van der Waals surface area contributed by atoms with E-state index >= 15 is 0 Å². The molecule has 3 aromatic rings. The highest BCUT2D eigenvalue weighted by Gasteiger charge is 2.21. The van der Waals surface area contributed by atoms with Crippen LogP contribution in [-0.2, 0) is 6.42 Å². The second-order valence-electron chi connectivity index (χ2n) is 5.45. The molecule has 0 atom stereocenters. The normalized spacial score (nSPS) is 12.5. The Balaban J connectivity index is 1.65. The van der Waals surface area contributed by atoms with Gasteiger partial charge in [-0.3, -0.25) is 0 Å². The maximum absolute atomic E-state index is 9.18. The molecule has 24 heavy (non-hydrogen) atoms. The van der Waals surface area contributed by atoms with E-state index in [4.69, 9.17) is 0 Å². The van der Waals surface area contributed by atoms with Crippen LogP contribution in [0.2, 0.25) is 0 Å². The Morgan fingerprint density at radius 3 is 2.83 bits per heavy atom. The zero-order chi connectivity index (χ0) is 16.4. The molecule has 0 radical (unpaired) electrons. The molecule has 2 heterocycles. The van der Waals surface area contributed by atoms with Crippen molar-refractivity contribution in [3.8, 4) is 6.07 Å². The Morgan fingerprint density at radius 1 is 1.08 bits per heavy atom. The Kier molecular flexibility index (Phi) is 3.52. The fourth-order valence-electron chi connectivity index (χ4n) is 2.86. The van der Waals surface area contributed by atoms with Crippen molar-refractivity contribution >= 4 is 23.1 Å². The van der Waals surface area contributed by atoms with Crippen molar-refractivity contribution in [1.82, 2.24) is 15.2 Å². The largest absolute Gasteiger partial charge is 0.324 e. The Labute approximate surface area is 139 Å². The van der Waals surface area contributed by atoms with E-state index in [1.807, 2.05) is 30.3 Å². The molecule has 0 saturated carbocycles. The Hall–Kier alpha value is -3.46. The van der Waals surface area contributed by atoms with Crippen LogP contribution in [0.1, 0.15) is 11.1 Å². The molecule has 0 saturated heterocycles. The van der Waals surface area contributed by atoms with Crippen LogP contribution in [0.5, 0.6) is 0 Å². The van der Waals surface area contributed by atoms with Crippen LogP contribution in [0, 0.1) is 11.3 Å². The summed E-state index contributed by atoms with van der Waals surface area (Å²) in [6.07, 6.45) is 2.64. The van der Waals surface area contributed by atoms with Crippen molar-refractivity contribution in [2.75, 3.05) is 16.8 Å². The minimum atomic E-state index is 0.375. The van der Waals surface area contributed by atoms with Gasteiger partial charge in [-0.15, -0.1) is 5.10 Å². The van der Waals surface area contributed by atoms with Crippen LogP contribution in [0.15, 0.2) is 54.7 Å². The predicted octanol–water partition coefficient (Wildman–Crippen LogP) is 3.18. The lowest BCUT2D eigenvalue weighted by molar-refractivity contribution is 0.920. The molecule has 1 aromatic heterocycles. The molecule has 0 aliphatic carbocycles. The Bertz CT molecular complexity index is 931. The van der Waals surface area contributed by atoms with E-state index in [9.17, 15) is 5.26 Å². The van der Waals surface area contributed by atoms with E-state index in [2.05, 4.69) is 43.6 Å². The maximum Gasteiger partial charge on any atom is 0.249 e. The van der Waals surface area contributed by atoms with Gasteiger partial charge in [-0.05, 0) is 30.2 Å². The van der Waals surface area contributed by atoms with Gasteiger partial charge in [-0.1, -0.05) is 30.3 Å². The summed E-state index contributed by atoms with van der Waals surface area (Å²) >= 11 is 0. The monoisotopic (exact) mass is 314 g/mol. The van der Waals surface area contributed by atoms with E-state index in [0.717, 1.165) is 24.5 Å². The molecule has 0 spiro atoms. The van der Waals surface area contributed by atoms with Gasteiger partial charge in [0.1, 0.15) is 6.07 Å². The first-order chi connectivity index (χ1) is 11.8. The molecule has 1 aliphatic heterocycles. The van der Waals surface area contributed by atoms with Crippen LogP contribution >= 0.6 is 0 Å². The quantitative estimate of drug-likeness (QED) is 0.800. The molecule has 1 aliphatic rings. The third-order valence-corrected chi connectivity index (χ3v) is 4.00. The maximum atomic E-state index is 9.18. The molecular formula is C18H14N6. The molecule has 0 fully saturated rings. The molecular weight excluding hydrogens is 300 g/mol. The molecule has 2 aromatic carbocycles. The van der Waals surface area contributed by atoms with Gasteiger partial charge < -0.3 is 10.2 Å². The molecule has 0 unspecified atom stereocenters. The molecule has 6 heteroatoms. The van der Waals surface area contributed by atoms with E-state index in [1.54, 1.807) is 12.3 Å². The fourth-order valence-corrected chi connectivity index (χ4v) is 2.86. The number of para-hydroxylation sites is 2. The third-order valence-electron chi connectivity index (χ3n) is 4.00. The number of nitrogens with zero attached hydrogens (tertiary/aromatic N) is 5. The summed E-state index contributed by atoms with van der Waals surface area (Å²) in [6, 6.07) is 17.7. The molecule has 0 amide bonds. The number of hydrogen-bond donors (Lipinski definition) is 1. The highest BCUT2D eigenvalue weighted by atomic mass is 15.3. The van der Waals surface area contributed by atoms with Gasteiger partial charge in [-0.25, -0.2) is 0 Å². The number of rotatable bonds is 3. The lowest BCUT2D eigenvalue weighted by Crippen LogP contribution is -2.16. The summed E-state index contributed by atoms with van der Waals surface area (Å²) in [5, 5.41) is 20.3. The van der Waals surface area contributed by atoms with E-state index < -0.39 is 0 Å². The molecule has 6 nitrogen and oxygen atoms in total. The number of hydrogen-bond acceptors (Lipinski definition) is 6. The zero-order valence-corrected chi connectivity index (χ0v) is 12.8. The minimum absolute atomic E-state index is 0.375. The first kappa shape index (κ1) is 14.2. The topological polar surface area (TPSA) is 77.7 Å². The smallest absolute Gasteiger partial charge is 0.249 e. The summed E-state index contributed by atoms with van der Waals surface area (Å²) in [5.74, 6) is 1.12. The fraction of sp³-hybridized carbons (Fsp3) is 0.111. The van der Waals surface area contributed by atoms with Gasteiger partial charge in [-0.2, -0.15) is 15.3 Å². The highest BCUT2D eigenvalue weighted by molar-refractivity contribution is 5.68. The minimum Gasteiger partial charge on any atom is -0.324 e. The number of benzene rings is 2. The molecule has 4 rings (SSSR count). The number of nitrogens with one attached hydrogen (secondary N) is 1. The van der Waals surface area contributed by atoms with Crippen LogP contribution in [0.3, 0.4) is 0 Å². The summed E-state index contributed by atoms with van der Waals surface area (Å²) in [5.41, 5.74) is 3.67. The van der Waals surface area contributed by atoms with Gasteiger partial charge in [0.05, 0.1) is 17.4 Å². The average molecular weight is 314 g/mol. The van der Waals surface area contributed by atoms with Gasteiger partial charge in [0.25, 0.3) is 0 Å². The van der Waals surface area contributed by atoms with Crippen LogP contribution in [-0.4, -0.2) is 21.7 Å². The van der Waals surface area contributed by atoms with E-state index in [1.165, 1.54) is 5.56 Å². The second kappa shape index (κ2) is 5.97. The van der Waals surface area contributed by atoms with Gasteiger partial charge in [0.15, 0.2) is 5.82 Å². The van der Waals surface area contributed by atoms with Crippen LogP contribution in [0.25, 0.3) is 0 Å². The van der Waals surface area contributed by atoms with Crippen molar-refractivity contribution in [3.63, 3.8) is 0 Å². The number of aromatic nitrogens is 3. The standard InChI is InChI=1S/C18H14N6/c19-11-14-6-1-3-7-15(14)21-18-22-17(12-20-23-18)24-10-9-13-5-2-4-8-16(13)24/h1-8,12H,9-10H2,(H,21,22,23). The summed E-state index contributed by atoms with van der Waals surface area (Å²) < 4.78 is 0. The third kappa shape index (κ3) is 2.52. The van der Waals surface area contributed by atoms with Crippen molar-refractivity contribution in [2.45, 2.75) is 6.42 Å². The SMILES string of the molecule is N#Cc1ccccc1Nc1nncc(N2CCc3ccccc32)n1. The summed E-state index contributed by atoms with van der Waals surface area (Å²) in [4.78, 5) is 6.69. The first-order valence-corrected chi connectivity index (χ1v) is 7.66. The Morgan fingerprint density at radius 2 is 1.92 bits per heavy atom. The zero-order valence-electron chi connectivity index (χ0n) is 12.8. The van der Waals surface area contributed by atoms with Gasteiger partial charge in [0, 0.05) is 12.2 Å². The lowest BCUT2D eigenvalue weighted by Gasteiger charge is -2.18. The average Bonchev–Trinajstić information content (AvgIpc) is 3.06. The van der Waals surface area contributed by atoms with Crippen molar-refractivity contribution in [1.29, 1.82) is 5.26 Å². The van der Waals surface area contributed by atoms with E-state index in [-0.39, 0.29) is 0 Å².